The Morgan fingerprint density at radius 2 is 2.09 bits per heavy atom. The van der Waals surface area contributed by atoms with Gasteiger partial charge in [0, 0.05) is 18.2 Å². The molecule has 0 unspecified atom stereocenters. The van der Waals surface area contributed by atoms with Crippen molar-refractivity contribution in [2.24, 2.45) is 0 Å². The van der Waals surface area contributed by atoms with Gasteiger partial charge in [-0.1, -0.05) is 0 Å². The van der Waals surface area contributed by atoms with Crippen LogP contribution in [0.3, 0.4) is 0 Å². The van der Waals surface area contributed by atoms with Crippen molar-refractivity contribution in [2.45, 2.75) is 6.54 Å². The molecule has 1 aromatic carbocycles. The van der Waals surface area contributed by atoms with Gasteiger partial charge in [-0.05, 0) is 23.7 Å². The van der Waals surface area contributed by atoms with Crippen LogP contribution >= 0.6 is 11.6 Å². The number of benzene rings is 1. The predicted molar refractivity (Wildman–Crippen MR) is 83.6 cm³/mol. The first kappa shape index (κ1) is 14.4. The number of H-pyrrole nitrogens is 1. The van der Waals surface area contributed by atoms with Crippen LogP contribution in [0.2, 0.25) is 5.28 Å². The minimum Gasteiger partial charge on any atom is -0.497 e. The largest absolute Gasteiger partial charge is 0.497 e. The second kappa shape index (κ2) is 6.07. The number of fused-ring (bicyclic) bond motifs is 1. The quantitative estimate of drug-likeness (QED) is 0.703. The summed E-state index contributed by atoms with van der Waals surface area (Å²) in [6.07, 6.45) is 1.55. The van der Waals surface area contributed by atoms with Gasteiger partial charge in [-0.2, -0.15) is 9.97 Å². The average molecular weight is 320 g/mol. The molecule has 2 heterocycles. The number of nitrogens with one attached hydrogen (secondary N) is 2. The highest BCUT2D eigenvalue weighted by molar-refractivity contribution is 6.28. The fourth-order valence-corrected chi connectivity index (χ4v) is 2.28. The first-order valence-electron chi connectivity index (χ1n) is 6.52. The zero-order valence-corrected chi connectivity index (χ0v) is 12.8. The molecule has 0 aliphatic carbocycles. The number of hydrogen-bond acceptors (Lipinski definition) is 6. The molecule has 0 saturated heterocycles. The molecule has 0 aliphatic rings. The average Bonchev–Trinajstić information content (AvgIpc) is 3.00. The monoisotopic (exact) mass is 319 g/mol. The zero-order chi connectivity index (χ0) is 15.5. The second-order valence-electron chi connectivity index (χ2n) is 4.47. The van der Waals surface area contributed by atoms with Crippen LogP contribution in [0.15, 0.2) is 24.5 Å². The molecule has 3 aromatic rings. The molecule has 0 bridgehead atoms. The van der Waals surface area contributed by atoms with Gasteiger partial charge in [-0.15, -0.1) is 0 Å². The van der Waals surface area contributed by atoms with Crippen molar-refractivity contribution in [1.29, 1.82) is 0 Å². The van der Waals surface area contributed by atoms with E-state index in [2.05, 4.69) is 25.3 Å². The van der Waals surface area contributed by atoms with Crippen LogP contribution in [0.4, 0.5) is 5.82 Å². The third kappa shape index (κ3) is 2.75. The Balaban J connectivity index is 1.86. The van der Waals surface area contributed by atoms with Gasteiger partial charge in [-0.25, -0.2) is 4.98 Å². The molecule has 114 valence electrons. The highest BCUT2D eigenvalue weighted by atomic mass is 35.5. The van der Waals surface area contributed by atoms with Crippen molar-refractivity contribution in [3.8, 4) is 11.5 Å². The van der Waals surface area contributed by atoms with E-state index in [1.165, 1.54) is 0 Å². The van der Waals surface area contributed by atoms with Crippen LogP contribution in [0, 0.1) is 0 Å². The van der Waals surface area contributed by atoms with Crippen molar-refractivity contribution < 1.29 is 9.47 Å². The number of nitrogens with zero attached hydrogens (tertiary/aromatic N) is 3. The Morgan fingerprint density at radius 1 is 1.23 bits per heavy atom. The lowest BCUT2D eigenvalue weighted by atomic mass is 10.2. The summed E-state index contributed by atoms with van der Waals surface area (Å²) >= 11 is 5.90. The number of methoxy groups -OCH3 is 2. The number of anilines is 1. The van der Waals surface area contributed by atoms with Gasteiger partial charge in [0.1, 0.15) is 17.0 Å². The molecule has 0 aliphatic heterocycles. The molecule has 0 spiro atoms. The Morgan fingerprint density at radius 3 is 2.86 bits per heavy atom. The van der Waals surface area contributed by atoms with E-state index in [1.54, 1.807) is 20.5 Å². The van der Waals surface area contributed by atoms with E-state index in [9.17, 15) is 0 Å². The third-order valence-corrected chi connectivity index (χ3v) is 3.37. The molecule has 0 amide bonds. The van der Waals surface area contributed by atoms with Crippen molar-refractivity contribution >= 4 is 28.6 Å². The SMILES string of the molecule is COc1ccc(CNc2nc(Cl)nc3nc[nH]c23)c(OC)c1. The topological polar surface area (TPSA) is 85.0 Å². The van der Waals surface area contributed by atoms with Gasteiger partial charge >= 0.3 is 0 Å². The molecular weight excluding hydrogens is 306 g/mol. The third-order valence-electron chi connectivity index (χ3n) is 3.20. The minimum absolute atomic E-state index is 0.142. The molecule has 7 nitrogen and oxygen atoms in total. The Kier molecular flexibility index (Phi) is 3.97. The number of aromatic amines is 1. The molecule has 0 fully saturated rings. The Bertz CT molecular complexity index is 805. The van der Waals surface area contributed by atoms with E-state index in [-0.39, 0.29) is 5.28 Å². The first-order chi connectivity index (χ1) is 10.7. The Labute approximate surface area is 131 Å². The minimum atomic E-state index is 0.142. The van der Waals surface area contributed by atoms with Crippen LogP contribution < -0.4 is 14.8 Å². The summed E-state index contributed by atoms with van der Waals surface area (Å²) in [6, 6.07) is 5.63. The number of ether oxygens (including phenoxy) is 2. The van der Waals surface area contributed by atoms with Crippen molar-refractivity contribution in [2.75, 3.05) is 19.5 Å². The van der Waals surface area contributed by atoms with Crippen molar-refractivity contribution in [1.82, 2.24) is 19.9 Å². The maximum Gasteiger partial charge on any atom is 0.226 e. The molecule has 0 atom stereocenters. The van der Waals surface area contributed by atoms with Crippen LogP contribution in [0.1, 0.15) is 5.56 Å². The molecular formula is C14H14ClN5O2. The highest BCUT2D eigenvalue weighted by Gasteiger charge is 2.10. The number of hydrogen-bond donors (Lipinski definition) is 2. The normalized spacial score (nSPS) is 10.7. The molecule has 0 saturated carbocycles. The Hall–Kier alpha value is -2.54. The predicted octanol–water partition coefficient (Wildman–Crippen LogP) is 2.64. The number of rotatable bonds is 5. The van der Waals surface area contributed by atoms with Gasteiger partial charge in [0.05, 0.1) is 20.5 Å². The lowest BCUT2D eigenvalue weighted by Gasteiger charge is -2.12. The van der Waals surface area contributed by atoms with E-state index >= 15 is 0 Å². The van der Waals surface area contributed by atoms with E-state index in [4.69, 9.17) is 21.1 Å². The molecule has 22 heavy (non-hydrogen) atoms. The lowest BCUT2D eigenvalue weighted by Crippen LogP contribution is -2.05. The van der Waals surface area contributed by atoms with Gasteiger partial charge in [0.25, 0.3) is 0 Å². The van der Waals surface area contributed by atoms with Gasteiger partial charge in [0.2, 0.25) is 5.28 Å². The second-order valence-corrected chi connectivity index (χ2v) is 4.81. The molecule has 8 heteroatoms. The lowest BCUT2D eigenvalue weighted by molar-refractivity contribution is 0.391. The van der Waals surface area contributed by atoms with E-state index in [1.807, 2.05) is 18.2 Å². The van der Waals surface area contributed by atoms with E-state index in [0.29, 0.717) is 23.5 Å². The summed E-state index contributed by atoms with van der Waals surface area (Å²) in [5.41, 5.74) is 2.19. The molecule has 2 N–H and O–H groups in total. The number of aromatic nitrogens is 4. The summed E-state index contributed by atoms with van der Waals surface area (Å²) in [5.74, 6) is 2.06. The maximum atomic E-state index is 5.90. The fourth-order valence-electron chi connectivity index (χ4n) is 2.11. The maximum absolute atomic E-state index is 5.90. The van der Waals surface area contributed by atoms with E-state index in [0.717, 1.165) is 17.1 Å². The summed E-state index contributed by atoms with van der Waals surface area (Å²) in [4.78, 5) is 15.3. The van der Waals surface area contributed by atoms with Gasteiger partial charge in [0.15, 0.2) is 11.5 Å². The zero-order valence-electron chi connectivity index (χ0n) is 12.1. The van der Waals surface area contributed by atoms with Crippen molar-refractivity contribution in [3.05, 3.63) is 35.4 Å². The summed E-state index contributed by atoms with van der Waals surface area (Å²) in [5, 5.41) is 3.36. The van der Waals surface area contributed by atoms with Crippen LogP contribution in [0.5, 0.6) is 11.5 Å². The fraction of sp³-hybridized carbons (Fsp3) is 0.214. The van der Waals surface area contributed by atoms with Gasteiger partial charge < -0.3 is 19.8 Å². The highest BCUT2D eigenvalue weighted by Crippen LogP contribution is 2.26. The van der Waals surface area contributed by atoms with Gasteiger partial charge in [-0.3, -0.25) is 0 Å². The van der Waals surface area contributed by atoms with E-state index < -0.39 is 0 Å². The summed E-state index contributed by atoms with van der Waals surface area (Å²) in [7, 11) is 3.23. The molecule has 3 rings (SSSR count). The first-order valence-corrected chi connectivity index (χ1v) is 6.90. The summed E-state index contributed by atoms with van der Waals surface area (Å²) in [6.45, 7) is 0.509. The van der Waals surface area contributed by atoms with Crippen LogP contribution in [-0.2, 0) is 6.54 Å². The number of halogens is 1. The summed E-state index contributed by atoms with van der Waals surface area (Å²) < 4.78 is 10.6. The number of imidazole rings is 1. The van der Waals surface area contributed by atoms with Crippen molar-refractivity contribution in [3.63, 3.8) is 0 Å². The molecule has 2 aromatic heterocycles. The smallest absolute Gasteiger partial charge is 0.226 e. The van der Waals surface area contributed by atoms with Crippen LogP contribution in [-0.4, -0.2) is 34.2 Å². The molecule has 0 radical (unpaired) electrons. The standard InChI is InChI=1S/C14H14ClN5O2/c1-21-9-4-3-8(10(5-9)22-2)6-16-12-11-13(18-7-17-11)20-14(15)19-12/h3-5,7H,6H2,1-2H3,(H2,16,17,18,19,20). The van der Waals surface area contributed by atoms with Crippen LogP contribution in [0.25, 0.3) is 11.2 Å².